The molecule has 1 heterocycles. The van der Waals surface area contributed by atoms with E-state index >= 15 is 0 Å². The molecule has 25 heavy (non-hydrogen) atoms. The number of phenolic OH excluding ortho intramolecular Hbond substituents is 1. The van der Waals surface area contributed by atoms with Gasteiger partial charge in [-0.2, -0.15) is 10.2 Å². The van der Waals surface area contributed by atoms with E-state index in [0.717, 1.165) is 5.56 Å². The molecule has 0 aliphatic rings. The number of hydrazone groups is 1. The summed E-state index contributed by atoms with van der Waals surface area (Å²) in [5, 5.41) is 20.3. The zero-order valence-corrected chi connectivity index (χ0v) is 13.4. The number of aromatic hydroxyl groups is 1. The molecule has 0 saturated heterocycles. The van der Waals surface area contributed by atoms with Crippen LogP contribution in [-0.2, 0) is 0 Å². The zero-order chi connectivity index (χ0) is 17.6. The molecule has 3 N–H and O–H groups in total. The number of carbonyl (C=O) groups excluding carboxylic acids is 1. The van der Waals surface area contributed by atoms with E-state index in [-0.39, 0.29) is 11.4 Å². The van der Waals surface area contributed by atoms with Crippen LogP contribution in [0.5, 0.6) is 11.5 Å². The van der Waals surface area contributed by atoms with Crippen LogP contribution in [0.25, 0.3) is 11.3 Å². The number of nitrogens with one attached hydrogen (secondary N) is 2. The lowest BCUT2D eigenvalue weighted by Crippen LogP contribution is -2.18. The van der Waals surface area contributed by atoms with Crippen LogP contribution in [0.1, 0.15) is 16.1 Å². The third-order valence-corrected chi connectivity index (χ3v) is 3.49. The summed E-state index contributed by atoms with van der Waals surface area (Å²) in [5.74, 6) is 0.356. The number of carbonyl (C=O) groups is 1. The number of rotatable bonds is 5. The highest BCUT2D eigenvalue weighted by atomic mass is 16.5. The molecule has 0 aliphatic heterocycles. The Labute approximate surface area is 144 Å². The van der Waals surface area contributed by atoms with E-state index < -0.39 is 5.91 Å². The number of hydrogen-bond acceptors (Lipinski definition) is 5. The number of amides is 1. The minimum Gasteiger partial charge on any atom is -0.507 e. The molecule has 3 aromatic rings. The van der Waals surface area contributed by atoms with Crippen molar-refractivity contribution in [3.05, 3.63) is 65.9 Å². The molecule has 0 unspecified atom stereocenters. The number of ether oxygens (including phenoxy) is 1. The number of nitrogens with zero attached hydrogens (tertiary/aromatic N) is 2. The molecular formula is C18H16N4O3. The average Bonchev–Trinajstić information content (AvgIpc) is 3.13. The van der Waals surface area contributed by atoms with E-state index in [4.69, 9.17) is 4.74 Å². The molecule has 3 rings (SSSR count). The highest BCUT2D eigenvalue weighted by Gasteiger charge is 2.11. The molecule has 1 amide bonds. The van der Waals surface area contributed by atoms with E-state index in [1.807, 2.05) is 24.3 Å². The van der Waals surface area contributed by atoms with Gasteiger partial charge in [-0.3, -0.25) is 9.89 Å². The van der Waals surface area contributed by atoms with Crippen LogP contribution in [0.3, 0.4) is 0 Å². The van der Waals surface area contributed by atoms with Crippen LogP contribution in [0, 0.1) is 0 Å². The first kappa shape index (κ1) is 16.3. The van der Waals surface area contributed by atoms with Gasteiger partial charge >= 0.3 is 0 Å². The van der Waals surface area contributed by atoms with Crippen molar-refractivity contribution in [1.29, 1.82) is 0 Å². The number of aromatic nitrogens is 2. The van der Waals surface area contributed by atoms with Gasteiger partial charge in [0, 0.05) is 11.1 Å². The van der Waals surface area contributed by atoms with Crippen LogP contribution in [0.15, 0.2) is 59.7 Å². The lowest BCUT2D eigenvalue weighted by atomic mass is 10.1. The highest BCUT2D eigenvalue weighted by Crippen LogP contribution is 2.22. The summed E-state index contributed by atoms with van der Waals surface area (Å²) in [6.07, 6.45) is 1.37. The summed E-state index contributed by atoms with van der Waals surface area (Å²) in [6, 6.07) is 15.7. The summed E-state index contributed by atoms with van der Waals surface area (Å²) in [5.41, 5.74) is 4.61. The predicted octanol–water partition coefficient (Wildman–Crippen LogP) is 2.55. The van der Waals surface area contributed by atoms with Crippen molar-refractivity contribution in [1.82, 2.24) is 15.6 Å². The lowest BCUT2D eigenvalue weighted by molar-refractivity contribution is 0.0950. The Morgan fingerprint density at radius 3 is 2.88 bits per heavy atom. The molecule has 2 aromatic carbocycles. The van der Waals surface area contributed by atoms with E-state index in [0.29, 0.717) is 17.0 Å². The quantitative estimate of drug-likeness (QED) is 0.492. The van der Waals surface area contributed by atoms with Gasteiger partial charge in [0.2, 0.25) is 0 Å². The maximum absolute atomic E-state index is 12.1. The summed E-state index contributed by atoms with van der Waals surface area (Å²) in [6.45, 7) is 0. The van der Waals surface area contributed by atoms with E-state index in [1.54, 1.807) is 37.4 Å². The molecule has 0 saturated carbocycles. The monoisotopic (exact) mass is 336 g/mol. The standard InChI is InChI=1S/C18H16N4O3/c1-25-14-7-4-6-12(9-14)15-10-16(21-20-15)18(24)22-19-11-13-5-2-3-8-17(13)23/h2-11,23H,1H3,(H,20,21)(H,22,24)/b19-11+. The minimum atomic E-state index is -0.437. The molecule has 0 atom stereocenters. The van der Waals surface area contributed by atoms with Gasteiger partial charge in [0.05, 0.1) is 19.0 Å². The topological polar surface area (TPSA) is 99.6 Å². The predicted molar refractivity (Wildman–Crippen MR) is 93.7 cm³/mol. The third kappa shape index (κ3) is 3.84. The van der Waals surface area contributed by atoms with Gasteiger partial charge in [0.15, 0.2) is 0 Å². The summed E-state index contributed by atoms with van der Waals surface area (Å²) in [7, 11) is 1.59. The van der Waals surface area contributed by atoms with E-state index in [1.165, 1.54) is 6.21 Å². The van der Waals surface area contributed by atoms with Gasteiger partial charge in [-0.25, -0.2) is 5.43 Å². The van der Waals surface area contributed by atoms with Crippen molar-refractivity contribution in [2.75, 3.05) is 7.11 Å². The third-order valence-electron chi connectivity index (χ3n) is 3.49. The molecular weight excluding hydrogens is 320 g/mol. The first-order valence-electron chi connectivity index (χ1n) is 7.48. The normalized spacial score (nSPS) is 10.8. The van der Waals surface area contributed by atoms with Crippen LogP contribution < -0.4 is 10.2 Å². The fourth-order valence-electron chi connectivity index (χ4n) is 2.19. The second-order valence-corrected chi connectivity index (χ2v) is 5.16. The largest absolute Gasteiger partial charge is 0.507 e. The number of methoxy groups -OCH3 is 1. The highest BCUT2D eigenvalue weighted by molar-refractivity contribution is 5.94. The number of hydrogen-bond donors (Lipinski definition) is 3. The van der Waals surface area contributed by atoms with Crippen molar-refractivity contribution in [3.63, 3.8) is 0 Å². The van der Waals surface area contributed by atoms with Crippen LogP contribution in [0.2, 0.25) is 0 Å². The molecule has 7 heteroatoms. The van der Waals surface area contributed by atoms with E-state index in [9.17, 15) is 9.90 Å². The average molecular weight is 336 g/mol. The first-order chi connectivity index (χ1) is 12.2. The first-order valence-corrected chi connectivity index (χ1v) is 7.48. The van der Waals surface area contributed by atoms with Crippen LogP contribution >= 0.6 is 0 Å². The van der Waals surface area contributed by atoms with Crippen molar-refractivity contribution >= 4 is 12.1 Å². The van der Waals surface area contributed by atoms with Gasteiger partial charge < -0.3 is 9.84 Å². The minimum absolute atomic E-state index is 0.0855. The van der Waals surface area contributed by atoms with Gasteiger partial charge in [0.25, 0.3) is 5.91 Å². The Kier molecular flexibility index (Phi) is 4.75. The SMILES string of the molecule is COc1cccc(-c2cc(C(=O)N/N=C/c3ccccc3O)[nH]n2)c1. The Hall–Kier alpha value is -3.61. The summed E-state index contributed by atoms with van der Waals surface area (Å²) in [4.78, 5) is 12.1. The maximum atomic E-state index is 12.1. The lowest BCUT2D eigenvalue weighted by Gasteiger charge is -2.01. The molecule has 7 nitrogen and oxygen atoms in total. The van der Waals surface area contributed by atoms with Crippen molar-refractivity contribution in [2.24, 2.45) is 5.10 Å². The second-order valence-electron chi connectivity index (χ2n) is 5.16. The Balaban J connectivity index is 1.69. The molecule has 0 spiro atoms. The maximum Gasteiger partial charge on any atom is 0.289 e. The fraction of sp³-hybridized carbons (Fsp3) is 0.0556. The number of benzene rings is 2. The Bertz CT molecular complexity index is 918. The van der Waals surface area contributed by atoms with Crippen LogP contribution in [-0.4, -0.2) is 34.5 Å². The number of H-pyrrole nitrogens is 1. The fourth-order valence-corrected chi connectivity index (χ4v) is 2.19. The summed E-state index contributed by atoms with van der Waals surface area (Å²) < 4.78 is 5.18. The van der Waals surface area contributed by atoms with Crippen molar-refractivity contribution in [2.45, 2.75) is 0 Å². The molecule has 0 fully saturated rings. The van der Waals surface area contributed by atoms with Gasteiger partial charge in [-0.15, -0.1) is 0 Å². The van der Waals surface area contributed by atoms with Gasteiger partial charge in [0.1, 0.15) is 17.2 Å². The smallest absolute Gasteiger partial charge is 0.289 e. The van der Waals surface area contributed by atoms with Crippen molar-refractivity contribution < 1.29 is 14.6 Å². The number of para-hydroxylation sites is 1. The molecule has 0 radical (unpaired) electrons. The number of phenols is 1. The molecule has 1 aromatic heterocycles. The Morgan fingerprint density at radius 1 is 1.24 bits per heavy atom. The van der Waals surface area contributed by atoms with Crippen LogP contribution in [0.4, 0.5) is 0 Å². The molecule has 126 valence electrons. The second kappa shape index (κ2) is 7.31. The molecule has 0 aliphatic carbocycles. The van der Waals surface area contributed by atoms with E-state index in [2.05, 4.69) is 20.7 Å². The van der Waals surface area contributed by atoms with Gasteiger partial charge in [-0.05, 0) is 30.3 Å². The summed E-state index contributed by atoms with van der Waals surface area (Å²) >= 11 is 0. The number of aromatic amines is 1. The zero-order valence-electron chi connectivity index (χ0n) is 13.4. The molecule has 0 bridgehead atoms. The van der Waals surface area contributed by atoms with Gasteiger partial charge in [-0.1, -0.05) is 24.3 Å². The van der Waals surface area contributed by atoms with Crippen molar-refractivity contribution in [3.8, 4) is 22.8 Å². The Morgan fingerprint density at radius 2 is 2.08 bits per heavy atom.